The van der Waals surface area contributed by atoms with Gasteiger partial charge in [-0.25, -0.2) is 0 Å². The zero-order valence-corrected chi connectivity index (χ0v) is 22.1. The molecule has 6 heteroatoms. The van der Waals surface area contributed by atoms with E-state index in [4.69, 9.17) is 9.47 Å². The number of ether oxygens (including phenoxy) is 2. The molecule has 0 saturated carbocycles. The first kappa shape index (κ1) is 30.2. The monoisotopic (exact) mass is 486 g/mol. The second-order valence-corrected chi connectivity index (χ2v) is 9.69. The molecule has 1 aromatic carbocycles. The second-order valence-electron chi connectivity index (χ2n) is 9.69. The second kappa shape index (κ2) is 14.5. The highest BCUT2D eigenvalue weighted by Gasteiger charge is 2.24. The van der Waals surface area contributed by atoms with Gasteiger partial charge in [-0.2, -0.15) is 0 Å². The van der Waals surface area contributed by atoms with E-state index in [2.05, 4.69) is 19.6 Å². The van der Waals surface area contributed by atoms with Gasteiger partial charge in [0.15, 0.2) is 5.78 Å². The predicted octanol–water partition coefficient (Wildman–Crippen LogP) is 5.86. The first-order chi connectivity index (χ1) is 16.4. The van der Waals surface area contributed by atoms with Crippen LogP contribution in [-0.4, -0.2) is 40.8 Å². The summed E-state index contributed by atoms with van der Waals surface area (Å²) in [7, 11) is 1.32. The number of carbonyl (C=O) groups is 2. The first-order valence-corrected chi connectivity index (χ1v) is 12.1. The van der Waals surface area contributed by atoms with E-state index in [9.17, 15) is 19.8 Å². The molecule has 0 spiro atoms. The predicted molar refractivity (Wildman–Crippen MR) is 140 cm³/mol. The highest BCUT2D eigenvalue weighted by molar-refractivity contribution is 5.94. The lowest BCUT2D eigenvalue weighted by Gasteiger charge is -2.28. The molecule has 2 N–H and O–H groups in total. The Kier molecular flexibility index (Phi) is 12.5. The number of phenols is 1. The molecule has 194 valence electrons. The van der Waals surface area contributed by atoms with Crippen LogP contribution in [0.2, 0.25) is 0 Å². The summed E-state index contributed by atoms with van der Waals surface area (Å²) in [6, 6.07) is 4.67. The van der Waals surface area contributed by atoms with E-state index in [0.717, 1.165) is 31.3 Å². The Labute approximate surface area is 210 Å². The number of benzene rings is 1. The number of phenolic OH excluding ortho intramolecular Hbond substituents is 1. The number of rotatable bonds is 15. The fraction of sp³-hybridized carbons (Fsp3) is 0.517. The Balaban J connectivity index is 2.65. The standard InChI is InChI=1S/C29H42O6/c1-8-29(6,35-26-15-14-24(30)18-23(26)19-27(32)34-7)16-10-12-21(4)11-9-13-22(5)28(33)25(31)17-20(2)3/h8,12,14-15,17-18,22,28,30,33H,1,9-11,13,16,19H2,2-7H3/b21-12+. The molecular formula is C29H42O6. The highest BCUT2D eigenvalue weighted by Crippen LogP contribution is 2.30. The maximum absolute atomic E-state index is 12.0. The van der Waals surface area contributed by atoms with Gasteiger partial charge in [0.2, 0.25) is 0 Å². The van der Waals surface area contributed by atoms with Gasteiger partial charge in [-0.15, -0.1) is 0 Å². The number of hydrogen-bond donors (Lipinski definition) is 2. The van der Waals surface area contributed by atoms with Crippen molar-refractivity contribution in [2.75, 3.05) is 7.11 Å². The Morgan fingerprint density at radius 2 is 1.91 bits per heavy atom. The van der Waals surface area contributed by atoms with E-state index in [1.165, 1.54) is 30.9 Å². The first-order valence-electron chi connectivity index (χ1n) is 12.1. The molecular weight excluding hydrogens is 444 g/mol. The summed E-state index contributed by atoms with van der Waals surface area (Å²) in [4.78, 5) is 23.7. The molecule has 0 aliphatic carbocycles. The van der Waals surface area contributed by atoms with Crippen LogP contribution in [0.15, 0.2) is 54.2 Å². The highest BCUT2D eigenvalue weighted by atomic mass is 16.5. The van der Waals surface area contributed by atoms with Crippen molar-refractivity contribution in [3.8, 4) is 11.5 Å². The van der Waals surface area contributed by atoms with Gasteiger partial charge in [0.1, 0.15) is 23.2 Å². The lowest BCUT2D eigenvalue weighted by molar-refractivity contribution is -0.139. The van der Waals surface area contributed by atoms with Crippen molar-refractivity contribution in [3.63, 3.8) is 0 Å². The smallest absolute Gasteiger partial charge is 0.310 e. The van der Waals surface area contributed by atoms with Gasteiger partial charge in [-0.1, -0.05) is 30.7 Å². The van der Waals surface area contributed by atoms with Crippen LogP contribution >= 0.6 is 0 Å². The molecule has 0 amide bonds. The lowest BCUT2D eigenvalue weighted by Crippen LogP contribution is -2.30. The fourth-order valence-corrected chi connectivity index (χ4v) is 3.70. The number of allylic oxidation sites excluding steroid dienone is 3. The summed E-state index contributed by atoms with van der Waals surface area (Å²) < 4.78 is 11.0. The minimum absolute atomic E-state index is 0.000473. The van der Waals surface area contributed by atoms with E-state index in [1.807, 2.05) is 27.7 Å². The van der Waals surface area contributed by atoms with Crippen LogP contribution < -0.4 is 4.74 Å². The number of carbonyl (C=O) groups excluding carboxylic acids is 2. The van der Waals surface area contributed by atoms with E-state index in [0.29, 0.717) is 17.7 Å². The van der Waals surface area contributed by atoms with Crippen LogP contribution in [0.3, 0.4) is 0 Å². The summed E-state index contributed by atoms with van der Waals surface area (Å²) in [5.74, 6) is -0.170. The van der Waals surface area contributed by atoms with Crippen molar-refractivity contribution in [1.82, 2.24) is 0 Å². The van der Waals surface area contributed by atoms with Crippen molar-refractivity contribution >= 4 is 11.8 Å². The molecule has 0 aliphatic heterocycles. The SMILES string of the molecule is C=CC(C)(CC/C=C(\C)CCCC(C)C(O)C(=O)C=C(C)C)Oc1ccc(O)cc1CC(=O)OC. The summed E-state index contributed by atoms with van der Waals surface area (Å²) >= 11 is 0. The maximum atomic E-state index is 12.0. The van der Waals surface area contributed by atoms with E-state index in [1.54, 1.807) is 12.1 Å². The van der Waals surface area contributed by atoms with Crippen LogP contribution in [0.25, 0.3) is 0 Å². The molecule has 35 heavy (non-hydrogen) atoms. The molecule has 0 saturated heterocycles. The van der Waals surface area contributed by atoms with Crippen LogP contribution in [0, 0.1) is 5.92 Å². The van der Waals surface area contributed by atoms with Crippen molar-refractivity contribution in [2.24, 2.45) is 5.92 Å². The molecule has 1 aromatic rings. The van der Waals surface area contributed by atoms with Crippen LogP contribution in [0.1, 0.15) is 72.3 Å². The van der Waals surface area contributed by atoms with Crippen molar-refractivity contribution in [1.29, 1.82) is 0 Å². The van der Waals surface area contributed by atoms with E-state index < -0.39 is 17.7 Å². The minimum Gasteiger partial charge on any atom is -0.508 e. The quantitative estimate of drug-likeness (QED) is 0.183. The van der Waals surface area contributed by atoms with Gasteiger partial charge in [-0.05, 0) is 96.1 Å². The lowest BCUT2D eigenvalue weighted by atomic mass is 9.93. The molecule has 0 aromatic heterocycles. The van der Waals surface area contributed by atoms with Crippen LogP contribution in [0.4, 0.5) is 0 Å². The normalized spacial score (nSPS) is 14.9. The van der Waals surface area contributed by atoms with Crippen molar-refractivity contribution in [3.05, 3.63) is 59.7 Å². The molecule has 0 fully saturated rings. The number of aliphatic hydroxyl groups is 1. The Bertz CT molecular complexity index is 925. The number of esters is 1. The van der Waals surface area contributed by atoms with Crippen LogP contribution in [-0.2, 0) is 20.7 Å². The van der Waals surface area contributed by atoms with E-state index in [-0.39, 0.29) is 23.9 Å². The number of methoxy groups -OCH3 is 1. The average molecular weight is 487 g/mol. The number of aliphatic hydroxyl groups excluding tert-OH is 1. The zero-order chi connectivity index (χ0) is 26.6. The molecule has 0 bridgehead atoms. The number of ketones is 1. The molecule has 6 nitrogen and oxygen atoms in total. The average Bonchev–Trinajstić information content (AvgIpc) is 2.79. The fourth-order valence-electron chi connectivity index (χ4n) is 3.70. The van der Waals surface area contributed by atoms with E-state index >= 15 is 0 Å². The Morgan fingerprint density at radius 3 is 2.51 bits per heavy atom. The third-order valence-corrected chi connectivity index (χ3v) is 6.01. The van der Waals surface area contributed by atoms with Gasteiger partial charge in [0, 0.05) is 5.56 Å². The summed E-state index contributed by atoms with van der Waals surface area (Å²) in [6.07, 6.45) is 8.47. The van der Waals surface area contributed by atoms with Crippen LogP contribution in [0.5, 0.6) is 11.5 Å². The maximum Gasteiger partial charge on any atom is 0.310 e. The van der Waals surface area contributed by atoms with Crippen molar-refractivity contribution in [2.45, 2.75) is 84.8 Å². The minimum atomic E-state index is -0.955. The Morgan fingerprint density at radius 1 is 1.23 bits per heavy atom. The molecule has 0 aliphatic rings. The third-order valence-electron chi connectivity index (χ3n) is 6.01. The number of aromatic hydroxyl groups is 1. The summed E-state index contributed by atoms with van der Waals surface area (Å²) in [6.45, 7) is 13.5. The third kappa shape index (κ3) is 11.0. The molecule has 0 radical (unpaired) electrons. The van der Waals surface area contributed by atoms with Gasteiger partial charge < -0.3 is 19.7 Å². The molecule has 1 rings (SSSR count). The molecule has 3 unspecified atom stereocenters. The summed E-state index contributed by atoms with van der Waals surface area (Å²) in [5.41, 5.74) is 2.02. The largest absolute Gasteiger partial charge is 0.508 e. The topological polar surface area (TPSA) is 93.1 Å². The van der Waals surface area contributed by atoms with Gasteiger partial charge in [-0.3, -0.25) is 9.59 Å². The number of hydrogen-bond acceptors (Lipinski definition) is 6. The zero-order valence-electron chi connectivity index (χ0n) is 22.1. The Hall–Kier alpha value is -2.86. The van der Waals surface area contributed by atoms with Gasteiger partial charge in [0.05, 0.1) is 13.5 Å². The molecule has 0 heterocycles. The summed E-state index contributed by atoms with van der Waals surface area (Å²) in [5, 5.41) is 20.0. The molecule has 3 atom stereocenters. The van der Waals surface area contributed by atoms with Crippen molar-refractivity contribution < 1.29 is 29.3 Å². The van der Waals surface area contributed by atoms with Gasteiger partial charge in [0.25, 0.3) is 0 Å². The van der Waals surface area contributed by atoms with Gasteiger partial charge >= 0.3 is 5.97 Å².